The van der Waals surface area contributed by atoms with Gasteiger partial charge in [-0.25, -0.2) is 0 Å². The summed E-state index contributed by atoms with van der Waals surface area (Å²) in [6.07, 6.45) is 3.22. The second-order valence-electron chi connectivity index (χ2n) is 11.0. The molecule has 6 nitrogen and oxygen atoms in total. The van der Waals surface area contributed by atoms with Crippen molar-refractivity contribution in [3.8, 4) is 11.5 Å². The third-order valence-corrected chi connectivity index (χ3v) is 7.09. The van der Waals surface area contributed by atoms with Gasteiger partial charge in [0, 0.05) is 65.9 Å². The molecule has 0 bridgehead atoms. The van der Waals surface area contributed by atoms with Crippen LogP contribution in [0, 0.1) is 0 Å². The van der Waals surface area contributed by atoms with Gasteiger partial charge in [-0.1, -0.05) is 33.4 Å². The number of rotatable bonds is 8. The first-order valence-electron chi connectivity index (χ1n) is 12.3. The maximum absolute atomic E-state index is 12.1. The van der Waals surface area contributed by atoms with Crippen LogP contribution in [-0.2, 0) is 22.2 Å². The Hall–Kier alpha value is -3.41. The first kappa shape index (κ1) is 24.7. The van der Waals surface area contributed by atoms with Gasteiger partial charge in [-0.2, -0.15) is 0 Å². The van der Waals surface area contributed by atoms with Crippen LogP contribution in [0.1, 0.15) is 57.7 Å². The number of nitrogens with zero attached hydrogens (tertiary/aromatic N) is 2. The highest BCUT2D eigenvalue weighted by molar-refractivity contribution is 5.85. The number of fused-ring (bicyclic) bond motifs is 1. The van der Waals surface area contributed by atoms with Crippen LogP contribution in [0.2, 0.25) is 0 Å². The monoisotopic (exact) mass is 475 g/mol. The summed E-state index contributed by atoms with van der Waals surface area (Å²) in [5, 5.41) is 24.3. The van der Waals surface area contributed by atoms with Gasteiger partial charge in [0.2, 0.25) is 5.91 Å². The highest BCUT2D eigenvalue weighted by atomic mass is 16.3. The summed E-state index contributed by atoms with van der Waals surface area (Å²) in [6, 6.07) is 13.6. The van der Waals surface area contributed by atoms with Crippen molar-refractivity contribution in [2.75, 3.05) is 19.4 Å². The topological polar surface area (TPSA) is 77.7 Å². The second kappa shape index (κ2) is 8.99. The molecule has 0 unspecified atom stereocenters. The Kier molecular flexibility index (Phi) is 6.34. The Morgan fingerprint density at radius 1 is 1.09 bits per heavy atom. The molecule has 1 saturated carbocycles. The molecule has 2 aromatic carbocycles. The fraction of sp³-hybridized carbons (Fsp3) is 0.414. The molecule has 3 N–H and O–H groups in total. The van der Waals surface area contributed by atoms with E-state index in [4.69, 9.17) is 0 Å². The van der Waals surface area contributed by atoms with Crippen molar-refractivity contribution in [2.24, 2.45) is 0 Å². The van der Waals surface area contributed by atoms with Gasteiger partial charge < -0.3 is 25.0 Å². The summed E-state index contributed by atoms with van der Waals surface area (Å²) in [6.45, 7) is 11.8. The number of carbonyl (C=O) groups excluding carboxylic acids is 1. The predicted octanol–water partition coefficient (Wildman–Crippen LogP) is 5.88. The molecular formula is C29H37N3O3. The van der Waals surface area contributed by atoms with Crippen molar-refractivity contribution in [3.63, 3.8) is 0 Å². The summed E-state index contributed by atoms with van der Waals surface area (Å²) in [5.41, 5.74) is 4.96. The number of anilines is 1. The van der Waals surface area contributed by atoms with Crippen LogP contribution in [0.3, 0.4) is 0 Å². The van der Waals surface area contributed by atoms with Gasteiger partial charge in [-0.05, 0) is 61.2 Å². The van der Waals surface area contributed by atoms with E-state index < -0.39 is 0 Å². The van der Waals surface area contributed by atoms with E-state index in [0.29, 0.717) is 6.42 Å². The van der Waals surface area contributed by atoms with Crippen LogP contribution in [-0.4, -0.2) is 39.7 Å². The number of carbonyl (C=O) groups is 1. The fourth-order valence-electron chi connectivity index (χ4n) is 4.83. The quantitative estimate of drug-likeness (QED) is 0.356. The number of nitrogens with one attached hydrogen (secondary N) is 1. The zero-order chi connectivity index (χ0) is 25.5. The van der Waals surface area contributed by atoms with Gasteiger partial charge >= 0.3 is 0 Å². The van der Waals surface area contributed by atoms with Crippen molar-refractivity contribution in [1.29, 1.82) is 0 Å². The average Bonchev–Trinajstić information content (AvgIpc) is 3.51. The lowest BCUT2D eigenvalue weighted by molar-refractivity contribution is -0.128. The van der Waals surface area contributed by atoms with Crippen LogP contribution in [0.15, 0.2) is 54.7 Å². The molecule has 0 atom stereocenters. The van der Waals surface area contributed by atoms with E-state index in [0.717, 1.165) is 53.7 Å². The molecule has 1 aliphatic rings. The Morgan fingerprint density at radius 3 is 2.40 bits per heavy atom. The molecule has 1 heterocycles. The normalized spacial score (nSPS) is 14.7. The van der Waals surface area contributed by atoms with Gasteiger partial charge in [0.05, 0.1) is 0 Å². The zero-order valence-corrected chi connectivity index (χ0v) is 21.5. The van der Waals surface area contributed by atoms with Crippen LogP contribution >= 0.6 is 0 Å². The number of benzene rings is 2. The van der Waals surface area contributed by atoms with E-state index >= 15 is 0 Å². The van der Waals surface area contributed by atoms with E-state index in [1.54, 1.807) is 25.1 Å². The maximum atomic E-state index is 12.1. The molecule has 0 saturated heterocycles. The van der Waals surface area contributed by atoms with Crippen LogP contribution in [0.25, 0.3) is 10.9 Å². The molecule has 3 aromatic rings. The van der Waals surface area contributed by atoms with E-state index in [2.05, 4.69) is 61.5 Å². The minimum absolute atomic E-state index is 0.0271. The molecule has 6 heteroatoms. The van der Waals surface area contributed by atoms with Gasteiger partial charge in [0.15, 0.2) is 11.5 Å². The van der Waals surface area contributed by atoms with E-state index in [-0.39, 0.29) is 28.2 Å². The van der Waals surface area contributed by atoms with E-state index in [1.165, 1.54) is 11.8 Å². The Labute approximate surface area is 207 Å². The molecule has 0 aliphatic heterocycles. The minimum Gasteiger partial charge on any atom is -0.504 e. The Bertz CT molecular complexity index is 1280. The molecule has 0 radical (unpaired) electrons. The average molecular weight is 476 g/mol. The number of aromatic nitrogens is 1. The SMILES string of the molecule is C=C(Nc1ccc2c(c1)cc(C(C)(C)C)n2CCCC(=O)N(C)C)C1(c2ccc(O)c(O)c2)CC1. The molecule has 0 spiro atoms. The molecule has 4 rings (SSSR count). The standard InChI is InChI=1S/C29H37N3O3/c1-19(29(13-14-29)21-9-12-24(33)25(34)18-21)30-22-10-11-23-20(16-22)17-26(28(2,3)4)32(23)15-7-8-27(35)31(5)6/h9-12,16-18,30,33-34H,1,7-8,13-15H2,2-6H3. The van der Waals surface area contributed by atoms with Crippen LogP contribution in [0.5, 0.6) is 11.5 Å². The smallest absolute Gasteiger partial charge is 0.222 e. The Morgan fingerprint density at radius 2 is 1.80 bits per heavy atom. The van der Waals surface area contributed by atoms with Crippen LogP contribution in [0.4, 0.5) is 5.69 Å². The molecule has 1 amide bonds. The van der Waals surface area contributed by atoms with Gasteiger partial charge in [-0.15, -0.1) is 0 Å². The van der Waals surface area contributed by atoms with Gasteiger partial charge in [-0.3, -0.25) is 4.79 Å². The number of aryl methyl sites for hydroxylation is 1. The van der Waals surface area contributed by atoms with E-state index in [1.807, 2.05) is 6.07 Å². The van der Waals surface area contributed by atoms with Crippen molar-refractivity contribution in [3.05, 3.63) is 66.0 Å². The molecule has 1 fully saturated rings. The highest BCUT2D eigenvalue weighted by Gasteiger charge is 2.47. The summed E-state index contributed by atoms with van der Waals surface area (Å²) in [7, 11) is 3.60. The van der Waals surface area contributed by atoms with Crippen molar-refractivity contribution >= 4 is 22.5 Å². The zero-order valence-electron chi connectivity index (χ0n) is 21.5. The lowest BCUT2D eigenvalue weighted by Crippen LogP contribution is -2.22. The first-order valence-corrected chi connectivity index (χ1v) is 12.3. The summed E-state index contributed by atoms with van der Waals surface area (Å²) >= 11 is 0. The number of phenols is 2. The first-order chi connectivity index (χ1) is 16.4. The summed E-state index contributed by atoms with van der Waals surface area (Å²) in [5.74, 6) is -0.0649. The lowest BCUT2D eigenvalue weighted by atomic mass is 9.92. The second-order valence-corrected chi connectivity index (χ2v) is 11.0. The molecule has 1 aromatic heterocycles. The van der Waals surface area contributed by atoms with Crippen molar-refractivity contribution in [1.82, 2.24) is 9.47 Å². The molecule has 186 valence electrons. The lowest BCUT2D eigenvalue weighted by Gasteiger charge is -2.22. The number of hydrogen-bond acceptors (Lipinski definition) is 4. The summed E-state index contributed by atoms with van der Waals surface area (Å²) in [4.78, 5) is 13.7. The number of amides is 1. The minimum atomic E-state index is -0.235. The predicted molar refractivity (Wildman–Crippen MR) is 142 cm³/mol. The number of aromatic hydroxyl groups is 2. The van der Waals surface area contributed by atoms with Crippen LogP contribution < -0.4 is 5.32 Å². The summed E-state index contributed by atoms with van der Waals surface area (Å²) < 4.78 is 2.35. The number of phenolic OH excluding ortho intramolecular Hbond substituents is 2. The third kappa shape index (κ3) is 4.88. The highest BCUT2D eigenvalue weighted by Crippen LogP contribution is 2.54. The largest absolute Gasteiger partial charge is 0.504 e. The fourth-order valence-corrected chi connectivity index (χ4v) is 4.83. The molecular weight excluding hydrogens is 438 g/mol. The van der Waals surface area contributed by atoms with Gasteiger partial charge in [0.1, 0.15) is 0 Å². The number of hydrogen-bond donors (Lipinski definition) is 3. The third-order valence-electron chi connectivity index (χ3n) is 7.09. The molecule has 1 aliphatic carbocycles. The van der Waals surface area contributed by atoms with Gasteiger partial charge in [0.25, 0.3) is 0 Å². The Balaban J connectivity index is 1.58. The maximum Gasteiger partial charge on any atom is 0.222 e. The molecule has 35 heavy (non-hydrogen) atoms. The van der Waals surface area contributed by atoms with Crippen molar-refractivity contribution in [2.45, 2.75) is 63.8 Å². The van der Waals surface area contributed by atoms with E-state index in [9.17, 15) is 15.0 Å². The van der Waals surface area contributed by atoms with Crippen molar-refractivity contribution < 1.29 is 15.0 Å². The number of allylic oxidation sites excluding steroid dienone is 1.